The smallest absolute Gasteiger partial charge is 0.255 e. The quantitative estimate of drug-likeness (QED) is 0.688. The number of carbonyl (C=O) groups is 1. The fourth-order valence-electron chi connectivity index (χ4n) is 2.72. The second-order valence-electron chi connectivity index (χ2n) is 6.24. The molecule has 3 heterocycles. The molecule has 1 amide bonds. The van der Waals surface area contributed by atoms with Crippen LogP contribution in [0.4, 0.5) is 0 Å². The van der Waals surface area contributed by atoms with E-state index < -0.39 is 0 Å². The Morgan fingerprint density at radius 2 is 2.15 bits per heavy atom. The molecule has 1 N–H and O–H groups in total. The number of nitrogens with zero attached hydrogens (tertiary/aromatic N) is 4. The number of hydrogen-bond acceptors (Lipinski definition) is 6. The average Bonchev–Trinajstić information content (AvgIpc) is 3.27. The molecule has 3 aromatic heterocycles. The van der Waals surface area contributed by atoms with Gasteiger partial charge in [-0.3, -0.25) is 4.79 Å². The lowest BCUT2D eigenvalue weighted by Crippen LogP contribution is -2.37. The largest absolute Gasteiger partial charge is 0.460 e. The van der Waals surface area contributed by atoms with Crippen LogP contribution in [0.2, 0.25) is 0 Å². The van der Waals surface area contributed by atoms with Gasteiger partial charge < -0.3 is 14.5 Å². The number of aryl methyl sites for hydroxylation is 1. The van der Waals surface area contributed by atoms with Gasteiger partial charge in [0.05, 0.1) is 30.1 Å². The molecule has 3 rings (SSSR count). The van der Waals surface area contributed by atoms with Gasteiger partial charge in [0.25, 0.3) is 11.9 Å². The van der Waals surface area contributed by atoms with Gasteiger partial charge in [-0.15, -0.1) is 0 Å². The lowest BCUT2D eigenvalue weighted by atomic mass is 10.2. The van der Waals surface area contributed by atoms with Crippen LogP contribution in [-0.2, 0) is 4.74 Å². The van der Waals surface area contributed by atoms with E-state index in [4.69, 9.17) is 9.15 Å². The maximum Gasteiger partial charge on any atom is 0.255 e. The first-order valence-corrected chi connectivity index (χ1v) is 8.78. The van der Waals surface area contributed by atoms with Gasteiger partial charge >= 0.3 is 0 Å². The highest BCUT2D eigenvalue weighted by Gasteiger charge is 2.19. The van der Waals surface area contributed by atoms with Crippen molar-refractivity contribution < 1.29 is 13.9 Å². The van der Waals surface area contributed by atoms with Gasteiger partial charge in [0.2, 0.25) is 0 Å². The number of nitrogens with one attached hydrogen (secondary N) is 1. The molecule has 142 valence electrons. The van der Waals surface area contributed by atoms with Crippen molar-refractivity contribution in [2.75, 3.05) is 13.7 Å². The maximum absolute atomic E-state index is 12.6. The fraction of sp³-hybridized carbons (Fsp3) is 0.368. The molecule has 0 aliphatic heterocycles. The standard InChI is InChI=1S/C19H23N5O3/c1-5-14(11-26-4)22-18(25)15-10-21-24(13(15)3)19-20-9-8-16(23-19)17-7-6-12(2)27-17/h6-10,14H,5,11H2,1-4H3,(H,22,25)/t14-/m1/s1. The zero-order chi connectivity index (χ0) is 19.4. The van der Waals surface area contributed by atoms with E-state index in [9.17, 15) is 4.79 Å². The fourth-order valence-corrected chi connectivity index (χ4v) is 2.72. The second-order valence-corrected chi connectivity index (χ2v) is 6.24. The van der Waals surface area contributed by atoms with E-state index in [0.29, 0.717) is 35.3 Å². The predicted octanol–water partition coefficient (Wildman–Crippen LogP) is 2.69. The zero-order valence-corrected chi connectivity index (χ0v) is 15.9. The van der Waals surface area contributed by atoms with Gasteiger partial charge in [0, 0.05) is 13.3 Å². The highest BCUT2D eigenvalue weighted by Crippen LogP contribution is 2.20. The van der Waals surface area contributed by atoms with Crippen molar-refractivity contribution in [1.29, 1.82) is 0 Å². The van der Waals surface area contributed by atoms with Crippen molar-refractivity contribution in [3.05, 3.63) is 47.6 Å². The summed E-state index contributed by atoms with van der Waals surface area (Å²) in [6.45, 7) is 6.15. The van der Waals surface area contributed by atoms with Crippen molar-refractivity contribution in [3.63, 3.8) is 0 Å². The van der Waals surface area contributed by atoms with Gasteiger partial charge in [-0.05, 0) is 38.5 Å². The Morgan fingerprint density at radius 1 is 1.33 bits per heavy atom. The molecule has 0 bridgehead atoms. The molecule has 8 heteroatoms. The monoisotopic (exact) mass is 369 g/mol. The molecular weight excluding hydrogens is 346 g/mol. The Morgan fingerprint density at radius 3 is 2.81 bits per heavy atom. The van der Waals surface area contributed by atoms with E-state index in [-0.39, 0.29) is 11.9 Å². The molecule has 0 unspecified atom stereocenters. The van der Waals surface area contributed by atoms with Gasteiger partial charge in [0.1, 0.15) is 11.5 Å². The number of ether oxygens (including phenoxy) is 1. The Hall–Kier alpha value is -3.00. The van der Waals surface area contributed by atoms with Crippen LogP contribution in [0.1, 0.15) is 35.2 Å². The third kappa shape index (κ3) is 4.06. The second kappa shape index (κ2) is 8.13. The lowest BCUT2D eigenvalue weighted by Gasteiger charge is -2.15. The third-order valence-corrected chi connectivity index (χ3v) is 4.28. The Kier molecular flexibility index (Phi) is 5.66. The summed E-state index contributed by atoms with van der Waals surface area (Å²) in [5.41, 5.74) is 1.79. The van der Waals surface area contributed by atoms with E-state index in [1.807, 2.05) is 32.9 Å². The number of amides is 1. The number of hydrogen-bond donors (Lipinski definition) is 1. The molecule has 0 saturated carbocycles. The predicted molar refractivity (Wildman–Crippen MR) is 99.8 cm³/mol. The van der Waals surface area contributed by atoms with E-state index in [1.54, 1.807) is 24.1 Å². The summed E-state index contributed by atoms with van der Waals surface area (Å²) in [6.07, 6.45) is 3.94. The molecule has 0 aliphatic carbocycles. The Bertz CT molecular complexity index is 931. The summed E-state index contributed by atoms with van der Waals surface area (Å²) in [6, 6.07) is 5.46. The molecule has 3 aromatic rings. The van der Waals surface area contributed by atoms with Gasteiger partial charge in [-0.25, -0.2) is 14.6 Å². The van der Waals surface area contributed by atoms with Crippen molar-refractivity contribution in [3.8, 4) is 17.4 Å². The molecule has 0 saturated heterocycles. The number of aromatic nitrogens is 4. The summed E-state index contributed by atoms with van der Waals surface area (Å²) in [5, 5.41) is 7.25. The average molecular weight is 369 g/mol. The van der Waals surface area contributed by atoms with Crippen LogP contribution in [0.5, 0.6) is 0 Å². The van der Waals surface area contributed by atoms with Crippen LogP contribution in [0, 0.1) is 13.8 Å². The molecule has 8 nitrogen and oxygen atoms in total. The summed E-state index contributed by atoms with van der Waals surface area (Å²) in [4.78, 5) is 21.4. The summed E-state index contributed by atoms with van der Waals surface area (Å²) in [5.74, 6) is 1.65. The molecule has 0 fully saturated rings. The molecule has 0 aliphatic rings. The first kappa shape index (κ1) is 18.8. The third-order valence-electron chi connectivity index (χ3n) is 4.28. The molecule has 0 aromatic carbocycles. The van der Waals surface area contributed by atoms with Gasteiger partial charge in [0.15, 0.2) is 5.76 Å². The number of rotatable bonds is 7. The van der Waals surface area contributed by atoms with Crippen LogP contribution < -0.4 is 5.32 Å². The molecule has 27 heavy (non-hydrogen) atoms. The minimum Gasteiger partial charge on any atom is -0.460 e. The molecular formula is C19H23N5O3. The van der Waals surface area contributed by atoms with E-state index in [0.717, 1.165) is 12.2 Å². The maximum atomic E-state index is 12.6. The molecule has 0 radical (unpaired) electrons. The Labute approximate surface area is 157 Å². The number of furan rings is 1. The lowest BCUT2D eigenvalue weighted by molar-refractivity contribution is 0.0894. The van der Waals surface area contributed by atoms with Crippen LogP contribution in [0.25, 0.3) is 17.4 Å². The Balaban J connectivity index is 1.86. The normalized spacial score (nSPS) is 12.1. The van der Waals surface area contributed by atoms with E-state index in [2.05, 4.69) is 20.4 Å². The van der Waals surface area contributed by atoms with Crippen molar-refractivity contribution in [2.24, 2.45) is 0 Å². The van der Waals surface area contributed by atoms with E-state index in [1.165, 1.54) is 6.20 Å². The minimum absolute atomic E-state index is 0.0491. The van der Waals surface area contributed by atoms with Crippen LogP contribution in [-0.4, -0.2) is 45.4 Å². The topological polar surface area (TPSA) is 95.1 Å². The van der Waals surface area contributed by atoms with Gasteiger partial charge in [-0.1, -0.05) is 6.92 Å². The first-order valence-electron chi connectivity index (χ1n) is 8.78. The highest BCUT2D eigenvalue weighted by molar-refractivity contribution is 5.95. The summed E-state index contributed by atoms with van der Waals surface area (Å²) >= 11 is 0. The minimum atomic E-state index is -0.194. The van der Waals surface area contributed by atoms with Crippen molar-refractivity contribution in [1.82, 2.24) is 25.1 Å². The first-order chi connectivity index (χ1) is 13.0. The van der Waals surface area contributed by atoms with E-state index >= 15 is 0 Å². The SMILES string of the molecule is CC[C@H](COC)NC(=O)c1cnn(-c2nccc(-c3ccc(C)o3)n2)c1C. The number of methoxy groups -OCH3 is 1. The zero-order valence-electron chi connectivity index (χ0n) is 15.9. The van der Waals surface area contributed by atoms with Gasteiger partial charge in [-0.2, -0.15) is 5.10 Å². The highest BCUT2D eigenvalue weighted by atomic mass is 16.5. The number of carbonyl (C=O) groups excluding carboxylic acids is 1. The molecule has 1 atom stereocenters. The van der Waals surface area contributed by atoms with Crippen molar-refractivity contribution in [2.45, 2.75) is 33.2 Å². The van der Waals surface area contributed by atoms with Crippen molar-refractivity contribution >= 4 is 5.91 Å². The summed E-state index contributed by atoms with van der Waals surface area (Å²) < 4.78 is 12.3. The van der Waals surface area contributed by atoms with Crippen LogP contribution in [0.3, 0.4) is 0 Å². The van der Waals surface area contributed by atoms with Crippen LogP contribution >= 0.6 is 0 Å². The molecule has 0 spiro atoms. The van der Waals surface area contributed by atoms with Crippen LogP contribution in [0.15, 0.2) is 35.0 Å². The summed E-state index contributed by atoms with van der Waals surface area (Å²) in [7, 11) is 1.61.